The van der Waals surface area contributed by atoms with Crippen LogP contribution in [0.25, 0.3) is 16.5 Å². The van der Waals surface area contributed by atoms with Crippen molar-refractivity contribution < 1.29 is 4.79 Å². The maximum atomic E-state index is 10.6. The van der Waals surface area contributed by atoms with Crippen molar-refractivity contribution in [3.63, 3.8) is 0 Å². The predicted molar refractivity (Wildman–Crippen MR) is 75.7 cm³/mol. The first kappa shape index (κ1) is 12.1. The Morgan fingerprint density at radius 3 is 2.53 bits per heavy atom. The SMILES string of the molecule is NC(=O)/C=C\c1ccc(-c2ccc(Br)cc2)s1. The highest BCUT2D eigenvalue weighted by Crippen LogP contribution is 2.29. The van der Waals surface area contributed by atoms with Gasteiger partial charge in [0.25, 0.3) is 0 Å². The summed E-state index contributed by atoms with van der Waals surface area (Å²) >= 11 is 5.03. The van der Waals surface area contributed by atoms with Crippen LogP contribution >= 0.6 is 27.3 Å². The van der Waals surface area contributed by atoms with Crippen molar-refractivity contribution in [2.75, 3.05) is 0 Å². The molecule has 1 heterocycles. The van der Waals surface area contributed by atoms with Crippen LogP contribution < -0.4 is 5.73 Å². The molecule has 0 aliphatic rings. The van der Waals surface area contributed by atoms with Gasteiger partial charge in [-0.3, -0.25) is 4.79 Å². The van der Waals surface area contributed by atoms with Crippen molar-refractivity contribution in [3.05, 3.63) is 51.8 Å². The second-order valence-electron chi connectivity index (χ2n) is 3.44. The Morgan fingerprint density at radius 2 is 1.88 bits per heavy atom. The first-order chi connectivity index (χ1) is 8.15. The Hall–Kier alpha value is -1.39. The number of nitrogens with two attached hydrogens (primary N) is 1. The third-order valence-corrected chi connectivity index (χ3v) is 3.80. The highest BCUT2D eigenvalue weighted by molar-refractivity contribution is 9.10. The fraction of sp³-hybridized carbons (Fsp3) is 0. The third-order valence-electron chi connectivity index (χ3n) is 2.17. The van der Waals surface area contributed by atoms with Gasteiger partial charge in [0, 0.05) is 20.3 Å². The number of halogens is 1. The van der Waals surface area contributed by atoms with E-state index in [1.165, 1.54) is 11.0 Å². The molecule has 1 aromatic carbocycles. The second kappa shape index (κ2) is 5.29. The van der Waals surface area contributed by atoms with E-state index in [2.05, 4.69) is 28.1 Å². The summed E-state index contributed by atoms with van der Waals surface area (Å²) in [4.78, 5) is 12.8. The van der Waals surface area contributed by atoms with Gasteiger partial charge in [0.2, 0.25) is 5.91 Å². The number of carbonyl (C=O) groups excluding carboxylic acids is 1. The number of primary amides is 1. The van der Waals surface area contributed by atoms with E-state index in [-0.39, 0.29) is 0 Å². The van der Waals surface area contributed by atoms with Crippen molar-refractivity contribution in [3.8, 4) is 10.4 Å². The topological polar surface area (TPSA) is 43.1 Å². The van der Waals surface area contributed by atoms with Crippen molar-refractivity contribution in [2.24, 2.45) is 5.73 Å². The molecule has 86 valence electrons. The first-order valence-electron chi connectivity index (χ1n) is 4.98. The average Bonchev–Trinajstić information content (AvgIpc) is 2.76. The van der Waals surface area contributed by atoms with Crippen LogP contribution in [0.2, 0.25) is 0 Å². The van der Waals surface area contributed by atoms with E-state index in [1.807, 2.05) is 24.3 Å². The van der Waals surface area contributed by atoms with Gasteiger partial charge in [-0.25, -0.2) is 0 Å². The van der Waals surface area contributed by atoms with Crippen molar-refractivity contribution in [1.82, 2.24) is 0 Å². The Balaban J connectivity index is 2.23. The summed E-state index contributed by atoms with van der Waals surface area (Å²) in [6.07, 6.45) is 3.10. The van der Waals surface area contributed by atoms with Crippen molar-refractivity contribution in [1.29, 1.82) is 0 Å². The maximum absolute atomic E-state index is 10.6. The number of hydrogen-bond acceptors (Lipinski definition) is 2. The van der Waals surface area contributed by atoms with Gasteiger partial charge in [0.1, 0.15) is 0 Å². The highest BCUT2D eigenvalue weighted by Gasteiger charge is 2.01. The van der Waals surface area contributed by atoms with E-state index in [0.29, 0.717) is 0 Å². The number of thiophene rings is 1. The number of rotatable bonds is 3. The summed E-state index contributed by atoms with van der Waals surface area (Å²) < 4.78 is 1.06. The minimum Gasteiger partial charge on any atom is -0.366 e. The molecular formula is C13H10BrNOS. The molecular weight excluding hydrogens is 298 g/mol. The molecule has 2 nitrogen and oxygen atoms in total. The molecule has 1 aromatic heterocycles. The molecule has 2 N–H and O–H groups in total. The molecule has 0 aliphatic heterocycles. The maximum Gasteiger partial charge on any atom is 0.241 e. The fourth-order valence-corrected chi connectivity index (χ4v) is 2.56. The van der Waals surface area contributed by atoms with Crippen molar-refractivity contribution >= 4 is 39.2 Å². The smallest absolute Gasteiger partial charge is 0.241 e. The number of benzene rings is 1. The molecule has 17 heavy (non-hydrogen) atoms. The lowest BCUT2D eigenvalue weighted by atomic mass is 10.2. The monoisotopic (exact) mass is 307 g/mol. The summed E-state index contributed by atoms with van der Waals surface area (Å²) in [6.45, 7) is 0. The molecule has 0 saturated carbocycles. The lowest BCUT2D eigenvalue weighted by molar-refractivity contribution is -0.113. The van der Waals surface area contributed by atoms with Gasteiger partial charge in [-0.2, -0.15) is 0 Å². The fourth-order valence-electron chi connectivity index (χ4n) is 1.38. The third kappa shape index (κ3) is 3.28. The molecule has 0 radical (unpaired) electrons. The minimum atomic E-state index is -0.427. The van der Waals surface area contributed by atoms with Crippen LogP contribution in [0, 0.1) is 0 Å². The lowest BCUT2D eigenvalue weighted by Gasteiger charge is -1.96. The van der Waals surface area contributed by atoms with Crippen LogP contribution in [0.5, 0.6) is 0 Å². The van der Waals surface area contributed by atoms with Gasteiger partial charge < -0.3 is 5.73 Å². The van der Waals surface area contributed by atoms with Crippen LogP contribution in [-0.4, -0.2) is 5.91 Å². The largest absolute Gasteiger partial charge is 0.366 e. The molecule has 2 rings (SSSR count). The lowest BCUT2D eigenvalue weighted by Crippen LogP contribution is -2.04. The Morgan fingerprint density at radius 1 is 1.18 bits per heavy atom. The number of carbonyl (C=O) groups is 1. The molecule has 4 heteroatoms. The van der Waals surface area contributed by atoms with Gasteiger partial charge in [-0.05, 0) is 35.9 Å². The van der Waals surface area contributed by atoms with Crippen LogP contribution in [0.3, 0.4) is 0 Å². The van der Waals surface area contributed by atoms with E-state index >= 15 is 0 Å². The zero-order chi connectivity index (χ0) is 12.3. The molecule has 1 amide bonds. The second-order valence-corrected chi connectivity index (χ2v) is 5.48. The van der Waals surface area contributed by atoms with Crippen molar-refractivity contribution in [2.45, 2.75) is 0 Å². The van der Waals surface area contributed by atoms with E-state index < -0.39 is 5.91 Å². The number of amides is 1. The van der Waals surface area contributed by atoms with E-state index in [1.54, 1.807) is 17.4 Å². The van der Waals surface area contributed by atoms with E-state index in [0.717, 1.165) is 14.9 Å². The molecule has 0 aliphatic carbocycles. The standard InChI is InChI=1S/C13H10BrNOS/c14-10-3-1-9(2-4-10)12-7-5-11(17-12)6-8-13(15)16/h1-8H,(H2,15,16)/b8-6-. The molecule has 0 spiro atoms. The summed E-state index contributed by atoms with van der Waals surface area (Å²) in [5.41, 5.74) is 6.21. The molecule has 0 bridgehead atoms. The van der Waals surface area contributed by atoms with Gasteiger partial charge in [0.15, 0.2) is 0 Å². The zero-order valence-electron chi connectivity index (χ0n) is 8.89. The Bertz CT molecular complexity index is 557. The average molecular weight is 308 g/mol. The summed E-state index contributed by atoms with van der Waals surface area (Å²) in [5, 5.41) is 0. The van der Waals surface area contributed by atoms with E-state index in [9.17, 15) is 4.79 Å². The molecule has 0 saturated heterocycles. The van der Waals surface area contributed by atoms with Crippen LogP contribution in [0.15, 0.2) is 46.9 Å². The predicted octanol–water partition coefficient (Wildman–Crippen LogP) is 3.68. The quantitative estimate of drug-likeness (QED) is 0.864. The summed E-state index contributed by atoms with van der Waals surface area (Å²) in [5.74, 6) is -0.427. The van der Waals surface area contributed by atoms with Gasteiger partial charge >= 0.3 is 0 Å². The molecule has 0 atom stereocenters. The Labute approximate surface area is 112 Å². The molecule has 0 fully saturated rings. The van der Waals surface area contributed by atoms with Crippen LogP contribution in [0.4, 0.5) is 0 Å². The van der Waals surface area contributed by atoms with Crippen LogP contribution in [-0.2, 0) is 4.79 Å². The Kier molecular flexibility index (Phi) is 3.76. The number of hydrogen-bond donors (Lipinski definition) is 1. The normalized spacial score (nSPS) is 10.9. The molecule has 2 aromatic rings. The zero-order valence-corrected chi connectivity index (χ0v) is 11.3. The van der Waals surface area contributed by atoms with Gasteiger partial charge in [0.05, 0.1) is 0 Å². The summed E-state index contributed by atoms with van der Waals surface area (Å²) in [7, 11) is 0. The molecule has 0 unspecified atom stereocenters. The summed E-state index contributed by atoms with van der Waals surface area (Å²) in [6, 6.07) is 12.1. The van der Waals surface area contributed by atoms with Crippen LogP contribution in [0.1, 0.15) is 4.88 Å². The highest BCUT2D eigenvalue weighted by atomic mass is 79.9. The minimum absolute atomic E-state index is 0.427. The van der Waals surface area contributed by atoms with Gasteiger partial charge in [-0.15, -0.1) is 11.3 Å². The van der Waals surface area contributed by atoms with Gasteiger partial charge in [-0.1, -0.05) is 28.1 Å². The van der Waals surface area contributed by atoms with E-state index in [4.69, 9.17) is 5.73 Å². The first-order valence-corrected chi connectivity index (χ1v) is 6.59.